The number of benzene rings is 3. The highest BCUT2D eigenvalue weighted by Gasteiger charge is 2.24. The van der Waals surface area contributed by atoms with Gasteiger partial charge in [0.05, 0.1) is 0 Å². The number of hydrogen-bond acceptors (Lipinski definition) is 2. The minimum Gasteiger partial charge on any atom is -0.355 e. The molecule has 24 heavy (non-hydrogen) atoms. The maximum absolute atomic E-state index is 12.2. The Kier molecular flexibility index (Phi) is 3.13. The van der Waals surface area contributed by atoms with Crippen LogP contribution in [0.3, 0.4) is 0 Å². The average Bonchev–Trinajstić information content (AvgIpc) is 2.96. The summed E-state index contributed by atoms with van der Waals surface area (Å²) in [6.07, 6.45) is 0. The molecule has 0 atom stereocenters. The van der Waals surface area contributed by atoms with Gasteiger partial charge in [-0.3, -0.25) is 9.59 Å². The van der Waals surface area contributed by atoms with Crippen LogP contribution in [0.1, 0.15) is 20.7 Å². The SMILES string of the molecule is CNC(=O)c1ccc2c(c1)-c1ccc(C(=O)NC)c3cccc-2c13. The fourth-order valence-corrected chi connectivity index (χ4v) is 3.48. The van der Waals surface area contributed by atoms with Crippen LogP contribution in [0.5, 0.6) is 0 Å². The molecule has 0 aromatic heterocycles. The number of amides is 2. The molecule has 0 aliphatic heterocycles. The highest BCUT2D eigenvalue weighted by molar-refractivity contribution is 6.20. The third-order valence-electron chi connectivity index (χ3n) is 4.60. The molecule has 118 valence electrons. The predicted molar refractivity (Wildman–Crippen MR) is 95.2 cm³/mol. The molecule has 0 spiro atoms. The lowest BCUT2D eigenvalue weighted by Crippen LogP contribution is -2.18. The van der Waals surface area contributed by atoms with E-state index in [4.69, 9.17) is 0 Å². The molecule has 4 rings (SSSR count). The number of carbonyl (C=O) groups excluding carboxylic acids is 2. The van der Waals surface area contributed by atoms with Crippen LogP contribution in [0.25, 0.3) is 33.0 Å². The van der Waals surface area contributed by atoms with Crippen LogP contribution in [0, 0.1) is 0 Å². The standard InChI is InChI=1S/C20H16N2O2/c1-21-19(23)11-6-7-12-13-4-3-5-14-16(20(24)22-2)9-8-15(18(13)14)17(12)10-11/h3-10H,1-2H3,(H,21,23)(H,22,24). The van der Waals surface area contributed by atoms with Crippen molar-refractivity contribution in [3.05, 3.63) is 59.7 Å². The van der Waals surface area contributed by atoms with Crippen LogP contribution < -0.4 is 10.6 Å². The molecule has 3 aromatic rings. The lowest BCUT2D eigenvalue weighted by molar-refractivity contribution is 0.0956. The minimum absolute atomic E-state index is 0.0966. The zero-order valence-electron chi connectivity index (χ0n) is 13.4. The quantitative estimate of drug-likeness (QED) is 0.596. The van der Waals surface area contributed by atoms with Crippen molar-refractivity contribution in [2.45, 2.75) is 0 Å². The molecule has 0 bridgehead atoms. The van der Waals surface area contributed by atoms with Gasteiger partial charge in [-0.25, -0.2) is 0 Å². The van der Waals surface area contributed by atoms with Gasteiger partial charge in [0.1, 0.15) is 0 Å². The largest absolute Gasteiger partial charge is 0.355 e. The number of fused-ring (bicyclic) bond motifs is 3. The van der Waals surface area contributed by atoms with Crippen LogP contribution in [0.4, 0.5) is 0 Å². The number of carbonyl (C=O) groups is 2. The fraction of sp³-hybridized carbons (Fsp3) is 0.100. The van der Waals surface area contributed by atoms with Gasteiger partial charge in [0.25, 0.3) is 11.8 Å². The molecule has 0 saturated carbocycles. The van der Waals surface area contributed by atoms with E-state index in [1.165, 1.54) is 0 Å². The maximum atomic E-state index is 12.2. The Morgan fingerprint density at radius 1 is 0.750 bits per heavy atom. The Labute approximate surface area is 139 Å². The van der Waals surface area contributed by atoms with Crippen LogP contribution in [-0.4, -0.2) is 25.9 Å². The third kappa shape index (κ3) is 1.86. The van der Waals surface area contributed by atoms with Crippen molar-refractivity contribution in [1.29, 1.82) is 0 Å². The molecule has 0 heterocycles. The maximum Gasteiger partial charge on any atom is 0.251 e. The van der Waals surface area contributed by atoms with E-state index in [-0.39, 0.29) is 11.8 Å². The van der Waals surface area contributed by atoms with Gasteiger partial charge < -0.3 is 10.6 Å². The molecule has 2 N–H and O–H groups in total. The molecular formula is C20H16N2O2. The Bertz CT molecular complexity index is 1020. The molecule has 4 nitrogen and oxygen atoms in total. The Morgan fingerprint density at radius 2 is 1.46 bits per heavy atom. The topological polar surface area (TPSA) is 58.2 Å². The minimum atomic E-state index is -0.105. The molecule has 1 aliphatic rings. The van der Waals surface area contributed by atoms with E-state index >= 15 is 0 Å². The normalized spacial score (nSPS) is 11.2. The summed E-state index contributed by atoms with van der Waals surface area (Å²) in [5.41, 5.74) is 5.59. The Hall–Kier alpha value is -3.14. The third-order valence-corrected chi connectivity index (χ3v) is 4.60. The second kappa shape index (κ2) is 5.20. The molecule has 0 radical (unpaired) electrons. The second-order valence-electron chi connectivity index (χ2n) is 5.81. The molecule has 0 fully saturated rings. The van der Waals surface area contributed by atoms with Gasteiger partial charge in [-0.15, -0.1) is 0 Å². The number of hydrogen-bond donors (Lipinski definition) is 2. The molecular weight excluding hydrogens is 300 g/mol. The van der Waals surface area contributed by atoms with Crippen molar-refractivity contribution in [3.63, 3.8) is 0 Å². The first-order chi connectivity index (χ1) is 11.7. The first-order valence-corrected chi connectivity index (χ1v) is 7.80. The smallest absolute Gasteiger partial charge is 0.251 e. The molecule has 3 aromatic carbocycles. The van der Waals surface area contributed by atoms with E-state index in [9.17, 15) is 9.59 Å². The van der Waals surface area contributed by atoms with Crippen molar-refractivity contribution in [1.82, 2.24) is 10.6 Å². The Balaban J connectivity index is 2.02. The lowest BCUT2D eigenvalue weighted by atomic mass is 9.98. The monoisotopic (exact) mass is 316 g/mol. The van der Waals surface area contributed by atoms with Gasteiger partial charge >= 0.3 is 0 Å². The van der Waals surface area contributed by atoms with Crippen LogP contribution in [-0.2, 0) is 0 Å². The molecule has 4 heteroatoms. The molecule has 2 amide bonds. The highest BCUT2D eigenvalue weighted by Crippen LogP contribution is 2.48. The average molecular weight is 316 g/mol. The lowest BCUT2D eigenvalue weighted by Gasteiger charge is -2.08. The summed E-state index contributed by atoms with van der Waals surface area (Å²) in [5, 5.41) is 7.36. The Morgan fingerprint density at radius 3 is 2.21 bits per heavy atom. The highest BCUT2D eigenvalue weighted by atomic mass is 16.2. The van der Waals surface area contributed by atoms with E-state index in [0.29, 0.717) is 11.1 Å². The van der Waals surface area contributed by atoms with E-state index in [1.54, 1.807) is 14.1 Å². The molecule has 0 unspecified atom stereocenters. The van der Waals surface area contributed by atoms with Crippen molar-refractivity contribution >= 4 is 22.6 Å². The van der Waals surface area contributed by atoms with Gasteiger partial charge in [0, 0.05) is 25.2 Å². The van der Waals surface area contributed by atoms with Crippen LogP contribution in [0.15, 0.2) is 48.5 Å². The summed E-state index contributed by atoms with van der Waals surface area (Å²) < 4.78 is 0. The summed E-state index contributed by atoms with van der Waals surface area (Å²) in [7, 11) is 3.26. The summed E-state index contributed by atoms with van der Waals surface area (Å²) in [4.78, 5) is 24.1. The zero-order valence-corrected chi connectivity index (χ0v) is 13.4. The summed E-state index contributed by atoms with van der Waals surface area (Å²) >= 11 is 0. The number of nitrogens with one attached hydrogen (secondary N) is 2. The fourth-order valence-electron chi connectivity index (χ4n) is 3.48. The molecule has 1 aliphatic carbocycles. The second-order valence-corrected chi connectivity index (χ2v) is 5.81. The van der Waals surface area contributed by atoms with Crippen LogP contribution in [0.2, 0.25) is 0 Å². The van der Waals surface area contributed by atoms with Gasteiger partial charge in [0.2, 0.25) is 0 Å². The van der Waals surface area contributed by atoms with Crippen molar-refractivity contribution in [3.8, 4) is 22.3 Å². The van der Waals surface area contributed by atoms with E-state index in [2.05, 4.69) is 16.7 Å². The van der Waals surface area contributed by atoms with Crippen LogP contribution >= 0.6 is 0 Å². The van der Waals surface area contributed by atoms with Crippen molar-refractivity contribution < 1.29 is 9.59 Å². The predicted octanol–water partition coefficient (Wildman–Crippen LogP) is 3.21. The first kappa shape index (κ1) is 14.5. The summed E-state index contributed by atoms with van der Waals surface area (Å²) in [5.74, 6) is -0.201. The summed E-state index contributed by atoms with van der Waals surface area (Å²) in [6, 6.07) is 15.6. The van der Waals surface area contributed by atoms with Crippen molar-refractivity contribution in [2.75, 3.05) is 14.1 Å². The van der Waals surface area contributed by atoms with Crippen molar-refractivity contribution in [2.24, 2.45) is 0 Å². The first-order valence-electron chi connectivity index (χ1n) is 7.80. The van der Waals surface area contributed by atoms with E-state index in [0.717, 1.165) is 33.0 Å². The molecule has 0 saturated heterocycles. The number of rotatable bonds is 2. The van der Waals surface area contributed by atoms with Gasteiger partial charge in [-0.1, -0.05) is 30.3 Å². The summed E-state index contributed by atoms with van der Waals surface area (Å²) in [6.45, 7) is 0. The zero-order chi connectivity index (χ0) is 16.8. The van der Waals surface area contributed by atoms with E-state index < -0.39 is 0 Å². The van der Waals surface area contributed by atoms with Gasteiger partial charge in [-0.05, 0) is 51.2 Å². The van der Waals surface area contributed by atoms with E-state index in [1.807, 2.05) is 42.5 Å². The van der Waals surface area contributed by atoms with Gasteiger partial charge in [0.15, 0.2) is 0 Å². The van der Waals surface area contributed by atoms with Gasteiger partial charge in [-0.2, -0.15) is 0 Å².